The number of nitrogens with zero attached hydrogens (tertiary/aromatic N) is 1. The number of nitro groups is 1. The van der Waals surface area contributed by atoms with Crippen molar-refractivity contribution in [1.82, 2.24) is 5.32 Å². The summed E-state index contributed by atoms with van der Waals surface area (Å²) in [6.07, 6.45) is 6.29. The van der Waals surface area contributed by atoms with Crippen molar-refractivity contribution in [3.05, 3.63) is 40.2 Å². The Morgan fingerprint density at radius 1 is 1.47 bits per heavy atom. The minimum absolute atomic E-state index is 0.198. The van der Waals surface area contributed by atoms with Crippen molar-refractivity contribution in [2.24, 2.45) is 0 Å². The molecule has 0 spiro atoms. The van der Waals surface area contributed by atoms with Gasteiger partial charge in [0.15, 0.2) is 0 Å². The van der Waals surface area contributed by atoms with Crippen LogP contribution in [0.3, 0.4) is 0 Å². The van der Waals surface area contributed by atoms with Gasteiger partial charge in [-0.2, -0.15) is 0 Å². The first-order chi connectivity index (χ1) is 7.25. The van der Waals surface area contributed by atoms with E-state index in [-0.39, 0.29) is 5.88 Å². The van der Waals surface area contributed by atoms with Crippen molar-refractivity contribution < 1.29 is 9.34 Å². The van der Waals surface area contributed by atoms with Gasteiger partial charge in [0.25, 0.3) is 0 Å². The van der Waals surface area contributed by atoms with E-state index in [1.807, 2.05) is 0 Å². The van der Waals surface area contributed by atoms with Gasteiger partial charge >= 0.3 is 5.88 Å². The fraction of sp³-hybridized carbons (Fsp3) is 0.400. The molecule has 15 heavy (non-hydrogen) atoms. The lowest BCUT2D eigenvalue weighted by Gasteiger charge is -2.09. The highest BCUT2D eigenvalue weighted by Gasteiger charge is 2.13. The highest BCUT2D eigenvalue weighted by Crippen LogP contribution is 2.16. The molecule has 0 aliphatic heterocycles. The van der Waals surface area contributed by atoms with Gasteiger partial charge in [-0.25, -0.2) is 0 Å². The molecule has 0 radical (unpaired) electrons. The van der Waals surface area contributed by atoms with Gasteiger partial charge in [0, 0.05) is 6.04 Å². The molecule has 80 valence electrons. The highest BCUT2D eigenvalue weighted by atomic mass is 16.6. The second kappa shape index (κ2) is 4.27. The Balaban J connectivity index is 1.85. The standard InChI is InChI=1S/C10H12N2O3/c13-12(14)10-6-5-9(15-10)7-11-8-3-1-2-4-8/h1-2,5-6,8,11H,3-4,7H2. The summed E-state index contributed by atoms with van der Waals surface area (Å²) in [7, 11) is 0. The van der Waals surface area contributed by atoms with E-state index >= 15 is 0 Å². The summed E-state index contributed by atoms with van der Waals surface area (Å²) in [5.74, 6) is 0.407. The van der Waals surface area contributed by atoms with E-state index in [0.29, 0.717) is 18.3 Å². The zero-order valence-corrected chi connectivity index (χ0v) is 8.18. The minimum atomic E-state index is -0.527. The molecule has 1 aliphatic carbocycles. The maximum Gasteiger partial charge on any atom is 0.433 e. The van der Waals surface area contributed by atoms with E-state index in [1.54, 1.807) is 6.07 Å². The molecular formula is C10H12N2O3. The van der Waals surface area contributed by atoms with E-state index in [4.69, 9.17) is 4.42 Å². The van der Waals surface area contributed by atoms with Crippen LogP contribution in [0.5, 0.6) is 0 Å². The average molecular weight is 208 g/mol. The first-order valence-corrected chi connectivity index (χ1v) is 4.87. The van der Waals surface area contributed by atoms with Crippen molar-refractivity contribution in [3.8, 4) is 0 Å². The topological polar surface area (TPSA) is 68.3 Å². The van der Waals surface area contributed by atoms with Crippen LogP contribution in [-0.4, -0.2) is 11.0 Å². The fourth-order valence-electron chi connectivity index (χ4n) is 1.59. The Labute approximate surface area is 86.9 Å². The van der Waals surface area contributed by atoms with Crippen molar-refractivity contribution >= 4 is 5.88 Å². The zero-order chi connectivity index (χ0) is 10.7. The number of rotatable bonds is 4. The van der Waals surface area contributed by atoms with Crippen molar-refractivity contribution in [3.63, 3.8) is 0 Å². The first kappa shape index (κ1) is 9.92. The second-order valence-electron chi connectivity index (χ2n) is 3.52. The largest absolute Gasteiger partial charge is 0.433 e. The van der Waals surface area contributed by atoms with E-state index in [0.717, 1.165) is 12.8 Å². The Morgan fingerprint density at radius 3 is 2.80 bits per heavy atom. The van der Waals surface area contributed by atoms with Gasteiger partial charge in [-0.05, 0) is 18.9 Å². The quantitative estimate of drug-likeness (QED) is 0.466. The van der Waals surface area contributed by atoms with Gasteiger partial charge < -0.3 is 9.73 Å². The van der Waals surface area contributed by atoms with Gasteiger partial charge in [-0.15, -0.1) is 0 Å². The van der Waals surface area contributed by atoms with Gasteiger partial charge in [-0.1, -0.05) is 12.2 Å². The monoisotopic (exact) mass is 208 g/mol. The molecule has 2 rings (SSSR count). The van der Waals surface area contributed by atoms with Crippen molar-refractivity contribution in [1.29, 1.82) is 0 Å². The number of nitrogens with one attached hydrogen (secondary N) is 1. The highest BCUT2D eigenvalue weighted by molar-refractivity contribution is 5.17. The Morgan fingerprint density at radius 2 is 2.20 bits per heavy atom. The third kappa shape index (κ3) is 2.44. The van der Waals surface area contributed by atoms with Crippen LogP contribution < -0.4 is 5.32 Å². The summed E-state index contributed by atoms with van der Waals surface area (Å²) in [5.41, 5.74) is 0. The molecule has 1 N–H and O–H groups in total. The molecule has 1 aromatic rings. The second-order valence-corrected chi connectivity index (χ2v) is 3.52. The van der Waals surface area contributed by atoms with Crippen LogP contribution in [0.4, 0.5) is 5.88 Å². The van der Waals surface area contributed by atoms with Crippen LogP contribution in [0.25, 0.3) is 0 Å². The van der Waals surface area contributed by atoms with E-state index in [1.165, 1.54) is 6.07 Å². The Kier molecular flexibility index (Phi) is 2.82. The summed E-state index contributed by atoms with van der Waals surface area (Å²) in [6.45, 7) is 0.542. The molecule has 0 saturated carbocycles. The maximum atomic E-state index is 10.4. The van der Waals surface area contributed by atoms with Crippen molar-refractivity contribution in [2.45, 2.75) is 25.4 Å². The minimum Gasteiger partial charge on any atom is -0.404 e. The van der Waals surface area contributed by atoms with Gasteiger partial charge in [0.1, 0.15) is 10.7 Å². The average Bonchev–Trinajstić information content (AvgIpc) is 2.86. The molecule has 1 heterocycles. The third-order valence-electron chi connectivity index (χ3n) is 2.40. The fourth-order valence-corrected chi connectivity index (χ4v) is 1.59. The van der Waals surface area contributed by atoms with Crippen LogP contribution >= 0.6 is 0 Å². The van der Waals surface area contributed by atoms with Crippen molar-refractivity contribution in [2.75, 3.05) is 0 Å². The molecular weight excluding hydrogens is 196 g/mol. The summed E-state index contributed by atoms with van der Waals surface area (Å²) in [5, 5.41) is 13.6. The molecule has 1 aromatic heterocycles. The summed E-state index contributed by atoms with van der Waals surface area (Å²) in [4.78, 5) is 9.83. The van der Waals surface area contributed by atoms with Crippen LogP contribution in [0.2, 0.25) is 0 Å². The van der Waals surface area contributed by atoms with Crippen LogP contribution in [0.1, 0.15) is 18.6 Å². The molecule has 0 bridgehead atoms. The molecule has 0 atom stereocenters. The predicted octanol–water partition coefficient (Wildman–Crippen LogP) is 2.00. The normalized spacial score (nSPS) is 16.0. The summed E-state index contributed by atoms with van der Waals surface area (Å²) >= 11 is 0. The summed E-state index contributed by atoms with van der Waals surface area (Å²) in [6, 6.07) is 3.45. The lowest BCUT2D eigenvalue weighted by atomic mass is 10.2. The molecule has 1 aliphatic rings. The molecule has 0 unspecified atom stereocenters. The van der Waals surface area contributed by atoms with Gasteiger partial charge in [0.05, 0.1) is 12.6 Å². The van der Waals surface area contributed by atoms with Gasteiger partial charge in [0.2, 0.25) is 0 Å². The molecule has 0 amide bonds. The van der Waals surface area contributed by atoms with Gasteiger partial charge in [-0.3, -0.25) is 10.1 Å². The van der Waals surface area contributed by atoms with Crippen LogP contribution in [-0.2, 0) is 6.54 Å². The van der Waals surface area contributed by atoms with Crippen LogP contribution in [0.15, 0.2) is 28.7 Å². The maximum absolute atomic E-state index is 10.4. The SMILES string of the molecule is O=[N+]([O-])c1ccc(CNC2CC=CC2)o1. The molecule has 0 saturated heterocycles. The Hall–Kier alpha value is -1.62. The Bertz CT molecular complexity index is 376. The van der Waals surface area contributed by atoms with Crippen LogP contribution in [0, 0.1) is 10.1 Å². The predicted molar refractivity (Wildman–Crippen MR) is 54.4 cm³/mol. The summed E-state index contributed by atoms with van der Waals surface area (Å²) < 4.78 is 5.02. The number of hydrogen-bond acceptors (Lipinski definition) is 4. The smallest absolute Gasteiger partial charge is 0.404 e. The lowest BCUT2D eigenvalue weighted by Crippen LogP contribution is -2.25. The third-order valence-corrected chi connectivity index (χ3v) is 2.40. The van der Waals surface area contributed by atoms with E-state index in [2.05, 4.69) is 17.5 Å². The number of furan rings is 1. The zero-order valence-electron chi connectivity index (χ0n) is 8.18. The van der Waals surface area contributed by atoms with E-state index in [9.17, 15) is 10.1 Å². The molecule has 5 heteroatoms. The first-order valence-electron chi connectivity index (χ1n) is 4.87. The molecule has 0 fully saturated rings. The number of hydrogen-bond donors (Lipinski definition) is 1. The lowest BCUT2D eigenvalue weighted by molar-refractivity contribution is -0.402. The van der Waals surface area contributed by atoms with E-state index < -0.39 is 4.92 Å². The molecule has 0 aromatic carbocycles. The molecule has 5 nitrogen and oxygen atoms in total.